The van der Waals surface area contributed by atoms with E-state index < -0.39 is 0 Å². The summed E-state index contributed by atoms with van der Waals surface area (Å²) in [6.45, 7) is 0. The summed E-state index contributed by atoms with van der Waals surface area (Å²) in [5.41, 5.74) is 5.63. The van der Waals surface area contributed by atoms with E-state index in [0.717, 1.165) is 49.9 Å². The van der Waals surface area contributed by atoms with Crippen LogP contribution in [0.15, 0.2) is 5.16 Å². The molecule has 5 rings (SSSR count). The lowest BCUT2D eigenvalue weighted by atomic mass is 9.49. The molecule has 5 nitrogen and oxygen atoms in total. The topological polar surface area (TPSA) is 87.7 Å². The minimum Gasteiger partial charge on any atom is -0.409 e. The fourth-order valence-electron chi connectivity index (χ4n) is 5.61. The highest BCUT2D eigenvalue weighted by Crippen LogP contribution is 2.60. The van der Waals surface area contributed by atoms with Crippen LogP contribution in [0.4, 0.5) is 0 Å². The van der Waals surface area contributed by atoms with E-state index in [1.54, 1.807) is 0 Å². The van der Waals surface area contributed by atoms with E-state index in [1.165, 1.54) is 19.3 Å². The molecule has 0 heterocycles. The molecule has 5 aliphatic carbocycles. The monoisotopic (exact) mass is 291 g/mol. The number of carbonyl (C=O) groups is 1. The Kier molecular flexibility index (Phi) is 2.95. The van der Waals surface area contributed by atoms with Gasteiger partial charge in [-0.25, -0.2) is 0 Å². The summed E-state index contributed by atoms with van der Waals surface area (Å²) in [5.74, 6) is 2.96. The van der Waals surface area contributed by atoms with Crippen molar-refractivity contribution in [3.05, 3.63) is 0 Å². The van der Waals surface area contributed by atoms with Crippen molar-refractivity contribution < 1.29 is 10.0 Å². The Labute approximate surface area is 125 Å². The molecule has 4 N–H and O–H groups in total. The largest absolute Gasteiger partial charge is 0.409 e. The number of carbonyl (C=O) groups excluding carboxylic acids is 1. The third kappa shape index (κ3) is 2.21. The second-order valence-corrected chi connectivity index (χ2v) is 8.01. The first kappa shape index (κ1) is 13.4. The van der Waals surface area contributed by atoms with Crippen LogP contribution in [-0.2, 0) is 4.79 Å². The summed E-state index contributed by atoms with van der Waals surface area (Å²) in [5, 5.41) is 15.2. The van der Waals surface area contributed by atoms with Crippen molar-refractivity contribution in [3.8, 4) is 0 Å². The van der Waals surface area contributed by atoms with E-state index in [-0.39, 0.29) is 23.2 Å². The Morgan fingerprint density at radius 2 is 1.67 bits per heavy atom. The highest BCUT2D eigenvalue weighted by Gasteiger charge is 2.55. The van der Waals surface area contributed by atoms with Crippen LogP contribution in [0.1, 0.15) is 51.4 Å². The first-order valence-corrected chi connectivity index (χ1v) is 8.38. The minimum absolute atomic E-state index is 0.155. The number of nitrogens with zero attached hydrogens (tertiary/aromatic N) is 1. The quantitative estimate of drug-likeness (QED) is 0.320. The van der Waals surface area contributed by atoms with E-state index in [4.69, 9.17) is 10.9 Å². The van der Waals surface area contributed by atoms with E-state index in [0.29, 0.717) is 5.92 Å². The molecule has 0 aromatic carbocycles. The molecule has 5 saturated carbocycles. The highest BCUT2D eigenvalue weighted by atomic mass is 16.4. The van der Waals surface area contributed by atoms with Gasteiger partial charge in [0, 0.05) is 5.41 Å². The van der Waals surface area contributed by atoms with Gasteiger partial charge in [0.2, 0.25) is 5.91 Å². The standard InChI is InChI=1S/C16H25N3O2/c17-14(19-21)13(12-1-2-12)18-15(20)16-6-9-3-10(7-16)5-11(4-9)8-16/h9-13,21H,1-8H2,(H2,17,19)(H,18,20). The van der Waals surface area contributed by atoms with Crippen molar-refractivity contribution in [2.45, 2.75) is 57.4 Å². The van der Waals surface area contributed by atoms with Gasteiger partial charge in [-0.2, -0.15) is 0 Å². The fraction of sp³-hybridized carbons (Fsp3) is 0.875. The zero-order chi connectivity index (χ0) is 14.6. The number of amidine groups is 1. The molecule has 1 atom stereocenters. The van der Waals surface area contributed by atoms with E-state index in [9.17, 15) is 4.79 Å². The van der Waals surface area contributed by atoms with Crippen LogP contribution >= 0.6 is 0 Å². The summed E-state index contributed by atoms with van der Waals surface area (Å²) in [7, 11) is 0. The van der Waals surface area contributed by atoms with Crippen molar-refractivity contribution in [3.63, 3.8) is 0 Å². The first-order valence-electron chi connectivity index (χ1n) is 8.38. The van der Waals surface area contributed by atoms with Gasteiger partial charge in [0.1, 0.15) is 0 Å². The van der Waals surface area contributed by atoms with Crippen molar-refractivity contribution in [1.82, 2.24) is 5.32 Å². The summed E-state index contributed by atoms with van der Waals surface area (Å²) in [6, 6.07) is -0.268. The van der Waals surface area contributed by atoms with Gasteiger partial charge >= 0.3 is 0 Å². The third-order valence-corrected chi connectivity index (χ3v) is 6.33. The molecule has 5 fully saturated rings. The molecule has 0 radical (unpaired) electrons. The predicted octanol–water partition coefficient (Wildman–Crippen LogP) is 1.84. The fourth-order valence-corrected chi connectivity index (χ4v) is 5.61. The number of amides is 1. The number of hydrogen-bond acceptors (Lipinski definition) is 3. The molecule has 0 aliphatic heterocycles. The van der Waals surface area contributed by atoms with Crippen molar-refractivity contribution in [2.75, 3.05) is 0 Å². The Hall–Kier alpha value is -1.26. The van der Waals surface area contributed by atoms with Crippen LogP contribution in [0.3, 0.4) is 0 Å². The van der Waals surface area contributed by atoms with Crippen LogP contribution in [0.2, 0.25) is 0 Å². The molecular formula is C16H25N3O2. The van der Waals surface area contributed by atoms with Crippen LogP contribution in [-0.4, -0.2) is 23.0 Å². The van der Waals surface area contributed by atoms with Crippen LogP contribution in [0, 0.1) is 29.1 Å². The van der Waals surface area contributed by atoms with Gasteiger partial charge in [0.25, 0.3) is 0 Å². The lowest BCUT2D eigenvalue weighted by Crippen LogP contribution is -2.57. The lowest BCUT2D eigenvalue weighted by molar-refractivity contribution is -0.146. The van der Waals surface area contributed by atoms with Crippen molar-refractivity contribution in [1.29, 1.82) is 0 Å². The average Bonchev–Trinajstić information content (AvgIpc) is 3.26. The highest BCUT2D eigenvalue weighted by molar-refractivity contribution is 5.92. The maximum atomic E-state index is 13.0. The van der Waals surface area contributed by atoms with Crippen molar-refractivity contribution in [2.24, 2.45) is 40.0 Å². The predicted molar refractivity (Wildman–Crippen MR) is 78.7 cm³/mol. The Balaban J connectivity index is 1.51. The molecule has 1 amide bonds. The van der Waals surface area contributed by atoms with E-state index in [1.807, 2.05) is 0 Å². The molecule has 1 unspecified atom stereocenters. The van der Waals surface area contributed by atoms with Crippen LogP contribution in [0.25, 0.3) is 0 Å². The number of oxime groups is 1. The second-order valence-electron chi connectivity index (χ2n) is 8.01. The molecular weight excluding hydrogens is 266 g/mol. The zero-order valence-corrected chi connectivity index (χ0v) is 12.4. The molecule has 0 saturated heterocycles. The molecule has 0 spiro atoms. The Morgan fingerprint density at radius 1 is 1.14 bits per heavy atom. The number of rotatable bonds is 4. The maximum absolute atomic E-state index is 13.0. The smallest absolute Gasteiger partial charge is 0.226 e. The molecule has 0 aromatic heterocycles. The summed E-state index contributed by atoms with van der Waals surface area (Å²) in [4.78, 5) is 13.0. The van der Waals surface area contributed by atoms with Crippen molar-refractivity contribution >= 4 is 11.7 Å². The van der Waals surface area contributed by atoms with Gasteiger partial charge in [-0.1, -0.05) is 5.16 Å². The molecule has 0 aromatic rings. The molecule has 5 aliphatic rings. The first-order chi connectivity index (χ1) is 10.1. The summed E-state index contributed by atoms with van der Waals surface area (Å²) >= 11 is 0. The number of nitrogens with one attached hydrogen (secondary N) is 1. The minimum atomic E-state index is -0.268. The molecule has 116 valence electrons. The van der Waals surface area contributed by atoms with Gasteiger partial charge < -0.3 is 16.3 Å². The SMILES string of the molecule is NC(=NO)C(NC(=O)C12CC3CC(CC(C3)C1)C2)C1CC1. The Bertz CT molecular complexity index is 449. The summed E-state index contributed by atoms with van der Waals surface area (Å²) < 4.78 is 0. The van der Waals surface area contributed by atoms with E-state index >= 15 is 0 Å². The molecule has 5 heteroatoms. The van der Waals surface area contributed by atoms with Gasteiger partial charge in [-0.3, -0.25) is 4.79 Å². The van der Waals surface area contributed by atoms with Crippen LogP contribution < -0.4 is 11.1 Å². The van der Waals surface area contributed by atoms with Gasteiger partial charge in [-0.05, 0) is 75.0 Å². The maximum Gasteiger partial charge on any atom is 0.226 e. The number of hydrogen-bond donors (Lipinski definition) is 3. The van der Waals surface area contributed by atoms with Gasteiger partial charge in [0.15, 0.2) is 5.84 Å². The zero-order valence-electron chi connectivity index (χ0n) is 12.4. The number of nitrogens with two attached hydrogens (primary N) is 1. The molecule has 4 bridgehead atoms. The van der Waals surface area contributed by atoms with Gasteiger partial charge in [-0.15, -0.1) is 0 Å². The normalized spacial score (nSPS) is 42.9. The average molecular weight is 291 g/mol. The lowest BCUT2D eigenvalue weighted by Gasteiger charge is -2.55. The van der Waals surface area contributed by atoms with Crippen LogP contribution in [0.5, 0.6) is 0 Å². The third-order valence-electron chi connectivity index (χ3n) is 6.33. The summed E-state index contributed by atoms with van der Waals surface area (Å²) in [6.07, 6.45) is 9.27. The Morgan fingerprint density at radius 3 is 2.10 bits per heavy atom. The molecule has 21 heavy (non-hydrogen) atoms. The van der Waals surface area contributed by atoms with E-state index in [2.05, 4.69) is 10.5 Å². The second kappa shape index (κ2) is 4.62. The van der Waals surface area contributed by atoms with Gasteiger partial charge in [0.05, 0.1) is 6.04 Å².